The molecule has 2 aliphatic rings. The van der Waals surface area contributed by atoms with Gasteiger partial charge in [0, 0.05) is 41.6 Å². The Kier molecular flexibility index (Phi) is 4.40. The lowest BCUT2D eigenvalue weighted by molar-refractivity contribution is 0.0992. The Bertz CT molecular complexity index is 1430. The maximum Gasteiger partial charge on any atom is 0.167 e. The molecule has 0 aliphatic heterocycles. The van der Waals surface area contributed by atoms with Gasteiger partial charge in [-0.2, -0.15) is 0 Å². The van der Waals surface area contributed by atoms with Gasteiger partial charge in [0.05, 0.1) is 0 Å². The van der Waals surface area contributed by atoms with Crippen molar-refractivity contribution in [3.63, 3.8) is 0 Å². The molecule has 3 aromatic carbocycles. The summed E-state index contributed by atoms with van der Waals surface area (Å²) in [6, 6.07) is 19.2. The average molecular weight is 438 g/mol. The molecule has 162 valence electrons. The molecule has 0 spiro atoms. The van der Waals surface area contributed by atoms with Crippen molar-refractivity contribution in [3.8, 4) is 11.1 Å². The Labute approximate surface area is 189 Å². The molecule has 0 fully saturated rings. The van der Waals surface area contributed by atoms with Crippen LogP contribution in [0.2, 0.25) is 0 Å². The predicted molar refractivity (Wildman–Crippen MR) is 123 cm³/mol. The smallest absolute Gasteiger partial charge is 0.167 e. The standard InChI is InChI=1S/C28H20F2N2O/c29-18-4-7-19(26(30)12-18)16-2-5-20-22(10-16)25-13-24(20)21-6-3-17(11-23(21)25)27(33)9-15-1-8-28(31)32-14-15/h1-8,10-12,14,24-25H,9,13H2,(H2,31,32)/t24-,25?/m0/s1. The first-order valence-corrected chi connectivity index (χ1v) is 10.9. The molecule has 2 atom stereocenters. The quantitative estimate of drug-likeness (QED) is 0.397. The highest BCUT2D eigenvalue weighted by Gasteiger charge is 2.41. The predicted octanol–water partition coefficient (Wildman–Crippen LogP) is 6.02. The van der Waals surface area contributed by atoms with E-state index in [9.17, 15) is 13.6 Å². The van der Waals surface area contributed by atoms with Crippen molar-refractivity contribution >= 4 is 11.6 Å². The van der Waals surface area contributed by atoms with Gasteiger partial charge >= 0.3 is 0 Å². The number of nitrogens with two attached hydrogens (primary N) is 1. The van der Waals surface area contributed by atoms with Crippen molar-refractivity contribution < 1.29 is 13.6 Å². The number of hydrogen-bond acceptors (Lipinski definition) is 3. The van der Waals surface area contributed by atoms with Crippen LogP contribution in [0.5, 0.6) is 0 Å². The molecular formula is C28H20F2N2O. The van der Waals surface area contributed by atoms with Crippen LogP contribution in [-0.4, -0.2) is 10.8 Å². The fourth-order valence-electron chi connectivity index (χ4n) is 5.36. The Morgan fingerprint density at radius 3 is 2.39 bits per heavy atom. The molecule has 1 aromatic heterocycles. The number of carbonyl (C=O) groups excluding carboxylic acids is 1. The maximum atomic E-state index is 14.4. The molecule has 5 heteroatoms. The molecule has 4 aromatic rings. The number of nitrogen functional groups attached to an aromatic ring is 1. The first-order valence-electron chi connectivity index (χ1n) is 10.9. The molecule has 6 rings (SSSR count). The van der Waals surface area contributed by atoms with E-state index in [1.165, 1.54) is 34.4 Å². The van der Waals surface area contributed by atoms with Crippen molar-refractivity contribution in [2.45, 2.75) is 24.7 Å². The number of Topliss-reactive ketones (excluding diaryl/α,β-unsaturated/α-hetero) is 1. The van der Waals surface area contributed by atoms with E-state index in [1.807, 2.05) is 30.3 Å². The SMILES string of the molecule is Nc1ccc(CC(=O)c2ccc3c(c2)C2C[C@H]3c3ccc(-c4ccc(F)cc4F)cc32)cn1. The van der Waals surface area contributed by atoms with Gasteiger partial charge in [0.25, 0.3) is 0 Å². The molecule has 2 aliphatic carbocycles. The van der Waals surface area contributed by atoms with Gasteiger partial charge < -0.3 is 5.73 Å². The third-order valence-corrected chi connectivity index (χ3v) is 6.92. The first kappa shape index (κ1) is 19.8. The van der Waals surface area contributed by atoms with Gasteiger partial charge in [-0.25, -0.2) is 13.8 Å². The van der Waals surface area contributed by atoms with Gasteiger partial charge in [-0.15, -0.1) is 0 Å². The Morgan fingerprint density at radius 2 is 1.64 bits per heavy atom. The van der Waals surface area contributed by atoms with Gasteiger partial charge in [0.2, 0.25) is 0 Å². The zero-order valence-electron chi connectivity index (χ0n) is 17.7. The molecule has 1 heterocycles. The van der Waals surface area contributed by atoms with Crippen molar-refractivity contribution in [2.75, 3.05) is 5.73 Å². The molecule has 0 amide bonds. The van der Waals surface area contributed by atoms with Crippen LogP contribution in [0.3, 0.4) is 0 Å². The molecule has 33 heavy (non-hydrogen) atoms. The number of anilines is 1. The van der Waals surface area contributed by atoms with E-state index in [-0.39, 0.29) is 24.0 Å². The summed E-state index contributed by atoms with van der Waals surface area (Å²) in [6.45, 7) is 0. The number of nitrogens with zero attached hydrogens (tertiary/aromatic N) is 1. The second-order valence-corrected chi connectivity index (χ2v) is 8.84. The number of carbonyl (C=O) groups is 1. The largest absolute Gasteiger partial charge is 0.384 e. The normalized spacial score (nSPS) is 17.6. The van der Waals surface area contributed by atoms with E-state index in [2.05, 4.69) is 17.1 Å². The van der Waals surface area contributed by atoms with Gasteiger partial charge in [0.15, 0.2) is 5.78 Å². The van der Waals surface area contributed by atoms with Gasteiger partial charge in [-0.05, 0) is 64.1 Å². The first-order chi connectivity index (χ1) is 16.0. The third kappa shape index (κ3) is 3.23. The minimum Gasteiger partial charge on any atom is -0.384 e. The second kappa shape index (κ2) is 7.34. The van der Waals surface area contributed by atoms with E-state index in [0.29, 0.717) is 16.9 Å². The highest BCUT2D eigenvalue weighted by atomic mass is 19.1. The monoisotopic (exact) mass is 438 g/mol. The van der Waals surface area contributed by atoms with Crippen LogP contribution in [0.25, 0.3) is 11.1 Å². The number of rotatable bonds is 4. The summed E-state index contributed by atoms with van der Waals surface area (Å²) in [4.78, 5) is 17.0. The minimum atomic E-state index is -0.586. The average Bonchev–Trinajstić information content (AvgIpc) is 3.37. The number of ketones is 1. The van der Waals surface area contributed by atoms with E-state index in [4.69, 9.17) is 5.73 Å². The van der Waals surface area contributed by atoms with Crippen molar-refractivity contribution in [1.29, 1.82) is 0 Å². The highest BCUT2D eigenvalue weighted by Crippen LogP contribution is 2.57. The number of fused-ring (bicyclic) bond motifs is 8. The fraction of sp³-hybridized carbons (Fsp3) is 0.143. The molecule has 0 saturated heterocycles. The van der Waals surface area contributed by atoms with Crippen molar-refractivity contribution in [3.05, 3.63) is 118 Å². The van der Waals surface area contributed by atoms with Crippen LogP contribution in [0.4, 0.5) is 14.6 Å². The Hall–Kier alpha value is -3.86. The van der Waals surface area contributed by atoms with Crippen LogP contribution in [-0.2, 0) is 6.42 Å². The van der Waals surface area contributed by atoms with E-state index < -0.39 is 11.6 Å². The van der Waals surface area contributed by atoms with Gasteiger partial charge in [0.1, 0.15) is 17.5 Å². The highest BCUT2D eigenvalue weighted by molar-refractivity contribution is 5.98. The zero-order valence-corrected chi connectivity index (χ0v) is 17.7. The number of halogens is 2. The van der Waals surface area contributed by atoms with Crippen LogP contribution in [0.1, 0.15) is 56.4 Å². The maximum absolute atomic E-state index is 14.4. The summed E-state index contributed by atoms with van der Waals surface area (Å²) in [5, 5.41) is 0. The lowest BCUT2D eigenvalue weighted by atomic mass is 9.83. The van der Waals surface area contributed by atoms with Crippen LogP contribution < -0.4 is 5.73 Å². The summed E-state index contributed by atoms with van der Waals surface area (Å²) in [5.74, 6) is -0.222. The number of aromatic nitrogens is 1. The molecule has 2 N–H and O–H groups in total. The number of hydrogen-bond donors (Lipinski definition) is 1. The van der Waals surface area contributed by atoms with E-state index in [0.717, 1.165) is 23.6 Å². The minimum absolute atomic E-state index is 0.0366. The van der Waals surface area contributed by atoms with Crippen LogP contribution >= 0.6 is 0 Å². The lowest BCUT2D eigenvalue weighted by Crippen LogP contribution is -2.08. The van der Waals surface area contributed by atoms with E-state index >= 15 is 0 Å². The molecule has 3 nitrogen and oxygen atoms in total. The summed E-state index contributed by atoms with van der Waals surface area (Å²) in [7, 11) is 0. The van der Waals surface area contributed by atoms with Gasteiger partial charge in [-0.3, -0.25) is 4.79 Å². The van der Waals surface area contributed by atoms with Crippen LogP contribution in [0.15, 0.2) is 72.9 Å². The zero-order chi connectivity index (χ0) is 22.7. The molecular weight excluding hydrogens is 418 g/mol. The Balaban J connectivity index is 1.32. The molecule has 0 radical (unpaired) electrons. The van der Waals surface area contributed by atoms with Crippen molar-refractivity contribution in [1.82, 2.24) is 4.98 Å². The molecule has 1 unspecified atom stereocenters. The number of benzene rings is 3. The second-order valence-electron chi connectivity index (χ2n) is 8.84. The third-order valence-electron chi connectivity index (χ3n) is 6.92. The summed E-state index contributed by atoms with van der Waals surface area (Å²) >= 11 is 0. The summed E-state index contributed by atoms with van der Waals surface area (Å²) in [6.07, 6.45) is 2.86. The van der Waals surface area contributed by atoms with Crippen LogP contribution in [0, 0.1) is 11.6 Å². The van der Waals surface area contributed by atoms with E-state index in [1.54, 1.807) is 12.3 Å². The lowest BCUT2D eigenvalue weighted by Gasteiger charge is -2.21. The molecule has 0 saturated carbocycles. The molecule has 2 bridgehead atoms. The van der Waals surface area contributed by atoms with Crippen molar-refractivity contribution in [2.24, 2.45) is 0 Å². The van der Waals surface area contributed by atoms with Gasteiger partial charge in [-0.1, -0.05) is 36.4 Å². The number of pyridine rings is 1. The summed E-state index contributed by atoms with van der Waals surface area (Å²) < 4.78 is 27.7. The Morgan fingerprint density at radius 1 is 0.879 bits per heavy atom. The summed E-state index contributed by atoms with van der Waals surface area (Å²) in [5.41, 5.74) is 13.1. The topological polar surface area (TPSA) is 56.0 Å². The fourth-order valence-corrected chi connectivity index (χ4v) is 5.36.